The van der Waals surface area contributed by atoms with Gasteiger partial charge in [-0.2, -0.15) is 0 Å². The molecule has 4 nitrogen and oxygen atoms in total. The highest BCUT2D eigenvalue weighted by Crippen LogP contribution is 2.21. The number of amides is 1. The van der Waals surface area contributed by atoms with Crippen LogP contribution in [0, 0.1) is 6.92 Å². The van der Waals surface area contributed by atoms with Crippen molar-refractivity contribution in [2.75, 3.05) is 6.54 Å². The van der Waals surface area contributed by atoms with Gasteiger partial charge in [-0.25, -0.2) is 4.98 Å². The summed E-state index contributed by atoms with van der Waals surface area (Å²) in [7, 11) is 0. The fourth-order valence-electron chi connectivity index (χ4n) is 2.32. The Morgan fingerprint density at radius 2 is 1.92 bits per heavy atom. The maximum absolute atomic E-state index is 12.4. The van der Waals surface area contributed by atoms with Crippen molar-refractivity contribution in [3.05, 3.63) is 49.9 Å². The SMILES string of the molecule is CCc1nc(CCNC(=O)C(C)(N)c2ccc(Br)cc2)sc1C.Cl.Cl. The molecule has 0 fully saturated rings. The number of halogens is 3. The lowest BCUT2D eigenvalue weighted by molar-refractivity contribution is -0.126. The van der Waals surface area contributed by atoms with E-state index in [1.54, 1.807) is 18.3 Å². The average Bonchev–Trinajstić information content (AvgIpc) is 2.87. The molecule has 1 aromatic carbocycles. The van der Waals surface area contributed by atoms with E-state index < -0.39 is 5.54 Å². The molecule has 0 aliphatic rings. The number of aromatic nitrogens is 1. The highest BCUT2D eigenvalue weighted by molar-refractivity contribution is 9.10. The standard InChI is InChI=1S/C17H22BrN3OS.2ClH/c1-4-14-11(2)23-15(21-14)9-10-20-16(22)17(3,19)12-5-7-13(18)8-6-12;;/h5-8H,4,9-10,19H2,1-3H3,(H,20,22);2*1H. The van der Waals surface area contributed by atoms with Gasteiger partial charge in [0, 0.05) is 22.3 Å². The van der Waals surface area contributed by atoms with Crippen molar-refractivity contribution in [2.45, 2.75) is 39.2 Å². The van der Waals surface area contributed by atoms with Crippen LogP contribution in [0.2, 0.25) is 0 Å². The van der Waals surface area contributed by atoms with E-state index in [0.29, 0.717) is 6.54 Å². The molecule has 0 saturated carbocycles. The molecule has 0 radical (unpaired) electrons. The molecule has 2 aromatic rings. The van der Waals surface area contributed by atoms with Gasteiger partial charge in [0.25, 0.3) is 0 Å². The number of rotatable bonds is 6. The van der Waals surface area contributed by atoms with Gasteiger partial charge in [-0.3, -0.25) is 4.79 Å². The summed E-state index contributed by atoms with van der Waals surface area (Å²) >= 11 is 5.08. The van der Waals surface area contributed by atoms with Crippen LogP contribution in [-0.4, -0.2) is 17.4 Å². The van der Waals surface area contributed by atoms with Crippen LogP contribution >= 0.6 is 52.1 Å². The van der Waals surface area contributed by atoms with Crippen LogP contribution in [0.15, 0.2) is 28.7 Å². The van der Waals surface area contributed by atoms with E-state index in [-0.39, 0.29) is 30.7 Å². The summed E-state index contributed by atoms with van der Waals surface area (Å²) < 4.78 is 0.961. The van der Waals surface area contributed by atoms with Gasteiger partial charge < -0.3 is 11.1 Å². The van der Waals surface area contributed by atoms with Gasteiger partial charge in [0.2, 0.25) is 5.91 Å². The van der Waals surface area contributed by atoms with Gasteiger partial charge >= 0.3 is 0 Å². The Balaban J connectivity index is 0.00000288. The minimum absolute atomic E-state index is 0. The van der Waals surface area contributed by atoms with Crippen molar-refractivity contribution in [3.63, 3.8) is 0 Å². The number of nitrogens with two attached hydrogens (primary N) is 1. The van der Waals surface area contributed by atoms with E-state index in [1.807, 2.05) is 24.3 Å². The van der Waals surface area contributed by atoms with Crippen LogP contribution in [0.4, 0.5) is 0 Å². The predicted molar refractivity (Wildman–Crippen MR) is 113 cm³/mol. The van der Waals surface area contributed by atoms with Crippen molar-refractivity contribution in [1.29, 1.82) is 0 Å². The molecule has 0 bridgehead atoms. The van der Waals surface area contributed by atoms with Crippen LogP contribution in [0.3, 0.4) is 0 Å². The van der Waals surface area contributed by atoms with Gasteiger partial charge in [-0.05, 0) is 38.0 Å². The lowest BCUT2D eigenvalue weighted by Gasteiger charge is -2.24. The largest absolute Gasteiger partial charge is 0.354 e. The number of carbonyl (C=O) groups excluding carboxylic acids is 1. The Hall–Kier alpha value is -0.660. The van der Waals surface area contributed by atoms with Crippen LogP contribution in [0.25, 0.3) is 0 Å². The summed E-state index contributed by atoms with van der Waals surface area (Å²) in [5.74, 6) is -0.177. The number of nitrogens with zero attached hydrogens (tertiary/aromatic N) is 1. The number of thiazole rings is 1. The van der Waals surface area contributed by atoms with Crippen LogP contribution < -0.4 is 11.1 Å². The first-order valence-corrected chi connectivity index (χ1v) is 9.24. The third-order valence-corrected chi connectivity index (χ3v) is 5.41. The van der Waals surface area contributed by atoms with Crippen LogP contribution in [0.1, 0.15) is 35.0 Å². The van der Waals surface area contributed by atoms with E-state index in [4.69, 9.17) is 5.73 Å². The topological polar surface area (TPSA) is 68.0 Å². The van der Waals surface area contributed by atoms with E-state index >= 15 is 0 Å². The maximum Gasteiger partial charge on any atom is 0.244 e. The van der Waals surface area contributed by atoms with Crippen LogP contribution in [-0.2, 0) is 23.2 Å². The highest BCUT2D eigenvalue weighted by atomic mass is 79.9. The van der Waals surface area contributed by atoms with Crippen molar-refractivity contribution < 1.29 is 4.79 Å². The molecule has 140 valence electrons. The summed E-state index contributed by atoms with van der Waals surface area (Å²) in [6, 6.07) is 7.50. The molecule has 1 unspecified atom stereocenters. The smallest absolute Gasteiger partial charge is 0.244 e. The van der Waals surface area contributed by atoms with Gasteiger partial charge in [0.05, 0.1) is 10.7 Å². The molecule has 1 amide bonds. The molecule has 0 aliphatic heterocycles. The van der Waals surface area contributed by atoms with Gasteiger partial charge in [-0.1, -0.05) is 35.0 Å². The lowest BCUT2D eigenvalue weighted by Crippen LogP contribution is -2.49. The molecule has 0 spiro atoms. The highest BCUT2D eigenvalue weighted by Gasteiger charge is 2.30. The number of aryl methyl sites for hydroxylation is 2. The fourth-order valence-corrected chi connectivity index (χ4v) is 3.60. The Morgan fingerprint density at radius 3 is 2.44 bits per heavy atom. The van der Waals surface area contributed by atoms with Crippen molar-refractivity contribution in [3.8, 4) is 0 Å². The summed E-state index contributed by atoms with van der Waals surface area (Å²) in [5, 5.41) is 3.98. The Bertz CT molecular complexity index is 690. The van der Waals surface area contributed by atoms with Gasteiger partial charge in [-0.15, -0.1) is 36.2 Å². The normalized spacial score (nSPS) is 12.5. The quantitative estimate of drug-likeness (QED) is 0.668. The minimum atomic E-state index is -1.05. The second kappa shape index (κ2) is 10.5. The Kier molecular flexibility index (Phi) is 10.2. The minimum Gasteiger partial charge on any atom is -0.354 e. The number of carbonyl (C=O) groups is 1. The molecule has 0 aliphatic carbocycles. The zero-order valence-electron chi connectivity index (χ0n) is 14.5. The second-order valence-electron chi connectivity index (χ2n) is 5.68. The van der Waals surface area contributed by atoms with E-state index in [1.165, 1.54) is 4.88 Å². The summed E-state index contributed by atoms with van der Waals surface area (Å²) in [6.45, 7) is 6.46. The third kappa shape index (κ3) is 6.22. The van der Waals surface area contributed by atoms with Gasteiger partial charge in [0.1, 0.15) is 5.54 Å². The molecular formula is C17H24BrCl2N3OS. The van der Waals surface area contributed by atoms with Crippen molar-refractivity contribution in [1.82, 2.24) is 10.3 Å². The first-order chi connectivity index (χ1) is 10.8. The third-order valence-electron chi connectivity index (χ3n) is 3.81. The molecule has 25 heavy (non-hydrogen) atoms. The van der Waals surface area contributed by atoms with E-state index in [9.17, 15) is 4.79 Å². The zero-order valence-corrected chi connectivity index (χ0v) is 18.5. The van der Waals surface area contributed by atoms with Crippen LogP contribution in [0.5, 0.6) is 0 Å². The molecule has 8 heteroatoms. The lowest BCUT2D eigenvalue weighted by atomic mass is 9.92. The van der Waals surface area contributed by atoms with Crippen molar-refractivity contribution >= 4 is 58.0 Å². The Morgan fingerprint density at radius 1 is 1.32 bits per heavy atom. The molecule has 0 saturated heterocycles. The second-order valence-corrected chi connectivity index (χ2v) is 7.88. The predicted octanol–water partition coefficient (Wildman–Crippen LogP) is 4.15. The summed E-state index contributed by atoms with van der Waals surface area (Å²) in [6.07, 6.45) is 1.67. The molecule has 2 rings (SSSR count). The van der Waals surface area contributed by atoms with E-state index in [2.05, 4.69) is 40.1 Å². The fraction of sp³-hybridized carbons (Fsp3) is 0.412. The molecule has 1 heterocycles. The summed E-state index contributed by atoms with van der Waals surface area (Å²) in [5.41, 5.74) is 7.11. The maximum atomic E-state index is 12.4. The zero-order chi connectivity index (χ0) is 17.0. The number of benzene rings is 1. The number of hydrogen-bond acceptors (Lipinski definition) is 4. The first kappa shape index (κ1) is 24.3. The molecular weight excluding hydrogens is 445 g/mol. The monoisotopic (exact) mass is 467 g/mol. The first-order valence-electron chi connectivity index (χ1n) is 7.63. The molecule has 1 atom stereocenters. The van der Waals surface area contributed by atoms with Gasteiger partial charge in [0.15, 0.2) is 0 Å². The number of hydrogen-bond donors (Lipinski definition) is 2. The van der Waals surface area contributed by atoms with Crippen molar-refractivity contribution in [2.24, 2.45) is 5.73 Å². The summed E-state index contributed by atoms with van der Waals surface area (Å²) in [4.78, 5) is 18.2. The molecule has 3 N–H and O–H groups in total. The molecule has 1 aromatic heterocycles. The van der Waals surface area contributed by atoms with E-state index in [0.717, 1.165) is 33.6 Å². The number of nitrogens with one attached hydrogen (secondary N) is 1. The Labute approximate surface area is 173 Å². The average molecular weight is 469 g/mol.